The highest BCUT2D eigenvalue weighted by Gasteiger charge is 2.25. The summed E-state index contributed by atoms with van der Waals surface area (Å²) >= 11 is 0. The van der Waals surface area contributed by atoms with E-state index in [0.29, 0.717) is 6.04 Å². The fourth-order valence-corrected chi connectivity index (χ4v) is 3.36. The quantitative estimate of drug-likeness (QED) is 0.790. The standard InChI is InChI=1S/C14H28N2/c1-3-14-10-15-12(2)11-16(14)9-8-13-6-4-5-7-13/h12-15H,3-11H2,1-2H3. The Morgan fingerprint density at radius 3 is 2.69 bits per heavy atom. The number of nitrogens with zero attached hydrogens (tertiary/aromatic N) is 1. The van der Waals surface area contributed by atoms with Crippen molar-refractivity contribution in [2.75, 3.05) is 19.6 Å². The summed E-state index contributed by atoms with van der Waals surface area (Å²) in [6.07, 6.45) is 8.71. The molecule has 2 fully saturated rings. The van der Waals surface area contributed by atoms with Crippen molar-refractivity contribution in [3.63, 3.8) is 0 Å². The van der Waals surface area contributed by atoms with Gasteiger partial charge in [-0.05, 0) is 32.2 Å². The minimum atomic E-state index is 0.686. The lowest BCUT2D eigenvalue weighted by Gasteiger charge is -2.39. The van der Waals surface area contributed by atoms with E-state index >= 15 is 0 Å². The molecule has 0 amide bonds. The van der Waals surface area contributed by atoms with Crippen LogP contribution in [0.5, 0.6) is 0 Å². The summed E-state index contributed by atoms with van der Waals surface area (Å²) in [6, 6.07) is 1.48. The van der Waals surface area contributed by atoms with Crippen molar-refractivity contribution >= 4 is 0 Å². The van der Waals surface area contributed by atoms with Crippen molar-refractivity contribution in [1.82, 2.24) is 10.2 Å². The molecule has 1 N–H and O–H groups in total. The fourth-order valence-electron chi connectivity index (χ4n) is 3.36. The van der Waals surface area contributed by atoms with Crippen molar-refractivity contribution < 1.29 is 0 Å². The summed E-state index contributed by atoms with van der Waals surface area (Å²) in [6.45, 7) is 8.43. The van der Waals surface area contributed by atoms with Crippen molar-refractivity contribution in [3.05, 3.63) is 0 Å². The van der Waals surface area contributed by atoms with Gasteiger partial charge in [-0.15, -0.1) is 0 Å². The molecule has 1 heterocycles. The maximum atomic E-state index is 3.60. The Labute approximate surface area is 101 Å². The number of hydrogen-bond acceptors (Lipinski definition) is 2. The fraction of sp³-hybridized carbons (Fsp3) is 1.00. The van der Waals surface area contributed by atoms with Crippen LogP contribution in [0.25, 0.3) is 0 Å². The van der Waals surface area contributed by atoms with Crippen molar-refractivity contribution in [3.8, 4) is 0 Å². The van der Waals surface area contributed by atoms with E-state index in [1.165, 1.54) is 58.2 Å². The Hall–Kier alpha value is -0.0800. The largest absolute Gasteiger partial charge is 0.311 e. The van der Waals surface area contributed by atoms with Crippen LogP contribution in [-0.2, 0) is 0 Å². The minimum Gasteiger partial charge on any atom is -0.311 e. The Bertz CT molecular complexity index is 199. The van der Waals surface area contributed by atoms with E-state index in [2.05, 4.69) is 24.1 Å². The zero-order valence-electron chi connectivity index (χ0n) is 11.0. The topological polar surface area (TPSA) is 15.3 Å². The Morgan fingerprint density at radius 2 is 2.00 bits per heavy atom. The lowest BCUT2D eigenvalue weighted by atomic mass is 10.0. The zero-order chi connectivity index (χ0) is 11.4. The average molecular weight is 224 g/mol. The second-order valence-corrected chi connectivity index (χ2v) is 5.81. The molecule has 94 valence electrons. The molecule has 1 saturated carbocycles. The summed E-state index contributed by atoms with van der Waals surface area (Å²) in [5.74, 6) is 1.04. The molecule has 0 bridgehead atoms. The van der Waals surface area contributed by atoms with Gasteiger partial charge in [0.2, 0.25) is 0 Å². The summed E-state index contributed by atoms with van der Waals surface area (Å²) < 4.78 is 0. The molecule has 2 atom stereocenters. The molecule has 2 aliphatic rings. The van der Waals surface area contributed by atoms with Crippen molar-refractivity contribution in [2.45, 2.75) is 64.5 Å². The first kappa shape index (κ1) is 12.4. The SMILES string of the molecule is CCC1CNC(C)CN1CCC1CCCC1. The van der Waals surface area contributed by atoms with Crippen LogP contribution in [0.1, 0.15) is 52.4 Å². The second kappa shape index (κ2) is 6.02. The predicted molar refractivity (Wildman–Crippen MR) is 69.7 cm³/mol. The van der Waals surface area contributed by atoms with E-state index in [1.807, 2.05) is 0 Å². The molecule has 2 heteroatoms. The van der Waals surface area contributed by atoms with Crippen LogP contribution in [0.3, 0.4) is 0 Å². The van der Waals surface area contributed by atoms with Crippen molar-refractivity contribution in [2.24, 2.45) is 5.92 Å². The lowest BCUT2D eigenvalue weighted by molar-refractivity contribution is 0.124. The lowest BCUT2D eigenvalue weighted by Crippen LogP contribution is -2.55. The minimum absolute atomic E-state index is 0.686. The monoisotopic (exact) mass is 224 g/mol. The van der Waals surface area contributed by atoms with Gasteiger partial charge in [0.1, 0.15) is 0 Å². The Morgan fingerprint density at radius 1 is 1.25 bits per heavy atom. The van der Waals surface area contributed by atoms with Gasteiger partial charge in [-0.25, -0.2) is 0 Å². The van der Waals surface area contributed by atoms with Crippen LogP contribution in [0, 0.1) is 5.92 Å². The van der Waals surface area contributed by atoms with Crippen molar-refractivity contribution in [1.29, 1.82) is 0 Å². The molecule has 2 unspecified atom stereocenters. The summed E-state index contributed by atoms with van der Waals surface area (Å²) in [5, 5.41) is 3.60. The van der Waals surface area contributed by atoms with E-state index in [-0.39, 0.29) is 0 Å². The molecule has 2 nitrogen and oxygen atoms in total. The van der Waals surface area contributed by atoms with Crippen LogP contribution in [0.15, 0.2) is 0 Å². The average Bonchev–Trinajstić information content (AvgIpc) is 2.79. The van der Waals surface area contributed by atoms with Crippen LogP contribution in [0.4, 0.5) is 0 Å². The molecule has 16 heavy (non-hydrogen) atoms. The van der Waals surface area contributed by atoms with Gasteiger partial charge in [-0.2, -0.15) is 0 Å². The predicted octanol–water partition coefficient (Wildman–Crippen LogP) is 2.64. The normalized spacial score (nSPS) is 33.4. The van der Waals surface area contributed by atoms with Gasteiger partial charge in [-0.3, -0.25) is 4.90 Å². The summed E-state index contributed by atoms with van der Waals surface area (Å²) in [4.78, 5) is 2.74. The molecular weight excluding hydrogens is 196 g/mol. The molecule has 0 aromatic rings. The maximum Gasteiger partial charge on any atom is 0.0218 e. The molecule has 1 aliphatic carbocycles. The van der Waals surface area contributed by atoms with E-state index < -0.39 is 0 Å². The van der Waals surface area contributed by atoms with Crippen LogP contribution >= 0.6 is 0 Å². The van der Waals surface area contributed by atoms with Crippen LogP contribution in [-0.4, -0.2) is 36.6 Å². The smallest absolute Gasteiger partial charge is 0.0218 e. The molecule has 1 saturated heterocycles. The third-order valence-corrected chi connectivity index (χ3v) is 4.50. The number of rotatable bonds is 4. The third kappa shape index (κ3) is 3.21. The summed E-state index contributed by atoms with van der Waals surface area (Å²) in [7, 11) is 0. The van der Waals surface area contributed by atoms with Gasteiger partial charge < -0.3 is 5.32 Å². The zero-order valence-corrected chi connectivity index (χ0v) is 11.0. The molecule has 0 spiro atoms. The van der Waals surface area contributed by atoms with Gasteiger partial charge >= 0.3 is 0 Å². The highest BCUT2D eigenvalue weighted by molar-refractivity contribution is 4.84. The first-order valence-electron chi connectivity index (χ1n) is 7.27. The molecule has 0 radical (unpaired) electrons. The highest BCUT2D eigenvalue weighted by Crippen LogP contribution is 2.28. The molecular formula is C14H28N2. The van der Waals surface area contributed by atoms with E-state index in [1.54, 1.807) is 0 Å². The van der Waals surface area contributed by atoms with E-state index in [4.69, 9.17) is 0 Å². The van der Waals surface area contributed by atoms with Gasteiger partial charge in [0.05, 0.1) is 0 Å². The summed E-state index contributed by atoms with van der Waals surface area (Å²) in [5.41, 5.74) is 0. The van der Waals surface area contributed by atoms with Gasteiger partial charge in [0.15, 0.2) is 0 Å². The Kier molecular flexibility index (Phi) is 4.66. The highest BCUT2D eigenvalue weighted by atomic mass is 15.2. The van der Waals surface area contributed by atoms with Gasteiger partial charge in [-0.1, -0.05) is 32.6 Å². The molecule has 0 aromatic carbocycles. The van der Waals surface area contributed by atoms with E-state index in [9.17, 15) is 0 Å². The Balaban J connectivity index is 1.76. The maximum absolute atomic E-state index is 3.60. The van der Waals surface area contributed by atoms with Gasteiger partial charge in [0, 0.05) is 25.2 Å². The van der Waals surface area contributed by atoms with Crippen LogP contribution < -0.4 is 5.32 Å². The van der Waals surface area contributed by atoms with Gasteiger partial charge in [0.25, 0.3) is 0 Å². The molecule has 2 rings (SSSR count). The second-order valence-electron chi connectivity index (χ2n) is 5.81. The number of piperazine rings is 1. The first-order valence-corrected chi connectivity index (χ1v) is 7.27. The van der Waals surface area contributed by atoms with E-state index in [0.717, 1.165) is 12.0 Å². The number of hydrogen-bond donors (Lipinski definition) is 1. The van der Waals surface area contributed by atoms with Crippen LogP contribution in [0.2, 0.25) is 0 Å². The third-order valence-electron chi connectivity index (χ3n) is 4.50. The first-order chi connectivity index (χ1) is 7.79. The number of nitrogens with one attached hydrogen (secondary N) is 1. The molecule has 0 aromatic heterocycles. The molecule has 1 aliphatic heterocycles.